The summed E-state index contributed by atoms with van der Waals surface area (Å²) in [5.74, 6) is -2.45. The van der Waals surface area contributed by atoms with Gasteiger partial charge in [0.15, 0.2) is 5.96 Å². The van der Waals surface area contributed by atoms with E-state index in [0.717, 1.165) is 16.5 Å². The van der Waals surface area contributed by atoms with Gasteiger partial charge in [0.2, 0.25) is 11.8 Å². The minimum absolute atomic E-state index is 0.148. The van der Waals surface area contributed by atoms with Gasteiger partial charge in [0, 0.05) is 30.1 Å². The van der Waals surface area contributed by atoms with E-state index in [9.17, 15) is 19.5 Å². The van der Waals surface area contributed by atoms with Gasteiger partial charge in [0.05, 0.1) is 6.04 Å². The number of hydrogen-bond donors (Lipinski definition) is 9. The number of carboxylic acids is 1. The van der Waals surface area contributed by atoms with Gasteiger partial charge in [0.1, 0.15) is 12.1 Å². The van der Waals surface area contributed by atoms with Crippen LogP contribution in [0.1, 0.15) is 37.7 Å². The van der Waals surface area contributed by atoms with Crippen LogP contribution in [-0.2, 0) is 20.8 Å². The molecule has 0 unspecified atom stereocenters. The van der Waals surface area contributed by atoms with Gasteiger partial charge < -0.3 is 43.2 Å². The second-order valence-electron chi connectivity index (χ2n) is 8.40. The normalized spacial score (nSPS) is 13.5. The third-order valence-corrected chi connectivity index (χ3v) is 5.64. The molecule has 2 rings (SSSR count). The molecule has 12 heteroatoms. The summed E-state index contributed by atoms with van der Waals surface area (Å²) < 4.78 is 0. The number of rotatable bonds is 15. The van der Waals surface area contributed by atoms with E-state index in [2.05, 4.69) is 20.9 Å². The molecule has 0 saturated carbocycles. The minimum atomic E-state index is -1.15. The molecule has 0 radical (unpaired) electrons. The molecular formula is C23H36N8O4. The molecule has 2 amide bonds. The molecule has 1 aromatic heterocycles. The quantitative estimate of drug-likeness (QED) is 0.0898. The Morgan fingerprint density at radius 3 is 2.43 bits per heavy atom. The van der Waals surface area contributed by atoms with Crippen molar-refractivity contribution in [2.24, 2.45) is 17.2 Å². The van der Waals surface area contributed by atoms with Crippen LogP contribution in [0, 0.1) is 5.41 Å². The fourth-order valence-corrected chi connectivity index (χ4v) is 3.71. The molecule has 0 aliphatic carbocycles. The first-order valence-corrected chi connectivity index (χ1v) is 11.6. The number of aromatic amines is 1. The van der Waals surface area contributed by atoms with Gasteiger partial charge in [-0.3, -0.25) is 15.0 Å². The van der Waals surface area contributed by atoms with Crippen molar-refractivity contribution in [3.8, 4) is 0 Å². The van der Waals surface area contributed by atoms with Crippen molar-refractivity contribution in [2.45, 2.75) is 56.7 Å². The summed E-state index contributed by atoms with van der Waals surface area (Å²) >= 11 is 0. The SMILES string of the molecule is N=C(N)NCCC[C@H](N)C(=O)N[C@@H](Cc1c[nH]c2ccccc12)C(=O)N[C@@H](CCCCN)C(=O)O. The monoisotopic (exact) mass is 488 g/mol. The number of hydrogen-bond acceptors (Lipinski definition) is 6. The standard InChI is InChI=1S/C23H36N8O4/c24-10-4-3-9-18(22(34)35)30-21(33)19(12-14-13-29-17-8-2-1-6-15(14)17)31-20(32)16(25)7-5-11-28-23(26)27/h1-2,6,8,13,16,18-19,29H,3-5,7,9-12,24-25H2,(H,30,33)(H,31,32)(H,34,35)(H4,26,27,28)/t16-,18-,19-/m0/s1. The zero-order valence-electron chi connectivity index (χ0n) is 19.7. The van der Waals surface area contributed by atoms with E-state index < -0.39 is 35.9 Å². The highest BCUT2D eigenvalue weighted by Gasteiger charge is 2.28. The van der Waals surface area contributed by atoms with Gasteiger partial charge in [-0.2, -0.15) is 0 Å². The molecule has 0 aliphatic heterocycles. The smallest absolute Gasteiger partial charge is 0.326 e. The molecule has 0 saturated heterocycles. The number of aromatic nitrogens is 1. The van der Waals surface area contributed by atoms with E-state index in [4.69, 9.17) is 22.6 Å². The third-order valence-electron chi connectivity index (χ3n) is 5.64. The lowest BCUT2D eigenvalue weighted by Crippen LogP contribution is -2.55. The lowest BCUT2D eigenvalue weighted by Gasteiger charge is -2.23. The number of nitrogens with one attached hydrogen (secondary N) is 5. The molecule has 2 aromatic rings. The van der Waals surface area contributed by atoms with Gasteiger partial charge in [-0.15, -0.1) is 0 Å². The molecule has 12 N–H and O–H groups in total. The van der Waals surface area contributed by atoms with E-state index in [1.807, 2.05) is 24.3 Å². The van der Waals surface area contributed by atoms with Crippen LogP contribution in [0.4, 0.5) is 0 Å². The predicted molar refractivity (Wildman–Crippen MR) is 134 cm³/mol. The minimum Gasteiger partial charge on any atom is -0.480 e. The van der Waals surface area contributed by atoms with Gasteiger partial charge in [0.25, 0.3) is 0 Å². The Bertz CT molecular complexity index is 1010. The summed E-state index contributed by atoms with van der Waals surface area (Å²) in [6.07, 6.45) is 4.14. The third kappa shape index (κ3) is 8.91. The molecule has 12 nitrogen and oxygen atoms in total. The number of H-pyrrole nitrogens is 1. The second kappa shape index (κ2) is 13.9. The van der Waals surface area contributed by atoms with Crippen LogP contribution in [0.5, 0.6) is 0 Å². The Hall–Kier alpha value is -3.64. The number of benzene rings is 1. The van der Waals surface area contributed by atoms with Crippen molar-refractivity contribution >= 4 is 34.6 Å². The van der Waals surface area contributed by atoms with Crippen molar-refractivity contribution < 1.29 is 19.5 Å². The first kappa shape index (κ1) is 27.6. The maximum atomic E-state index is 13.1. The number of carbonyl (C=O) groups excluding carboxylic acids is 2. The topological polar surface area (TPSA) is 225 Å². The Kier molecular flexibility index (Phi) is 11.0. The molecule has 3 atom stereocenters. The lowest BCUT2D eigenvalue weighted by molar-refractivity contribution is -0.142. The van der Waals surface area contributed by atoms with Gasteiger partial charge in [-0.25, -0.2) is 4.79 Å². The maximum Gasteiger partial charge on any atom is 0.326 e. The summed E-state index contributed by atoms with van der Waals surface area (Å²) in [4.78, 5) is 40.7. The van der Waals surface area contributed by atoms with E-state index in [0.29, 0.717) is 38.8 Å². The van der Waals surface area contributed by atoms with Crippen LogP contribution in [-0.4, -0.2) is 65.0 Å². The Balaban J connectivity index is 2.13. The van der Waals surface area contributed by atoms with Crippen LogP contribution in [0.3, 0.4) is 0 Å². The Morgan fingerprint density at radius 1 is 1.03 bits per heavy atom. The number of carbonyl (C=O) groups is 3. The highest BCUT2D eigenvalue weighted by molar-refractivity contribution is 5.93. The van der Waals surface area contributed by atoms with E-state index in [-0.39, 0.29) is 18.8 Å². The van der Waals surface area contributed by atoms with Crippen molar-refractivity contribution in [3.05, 3.63) is 36.0 Å². The maximum absolute atomic E-state index is 13.1. The first-order chi connectivity index (χ1) is 16.7. The molecule has 0 fully saturated rings. The molecule has 35 heavy (non-hydrogen) atoms. The van der Waals surface area contributed by atoms with Crippen molar-refractivity contribution in [2.75, 3.05) is 13.1 Å². The van der Waals surface area contributed by atoms with Crippen LogP contribution in [0.25, 0.3) is 10.9 Å². The van der Waals surface area contributed by atoms with E-state index >= 15 is 0 Å². The van der Waals surface area contributed by atoms with Crippen LogP contribution < -0.4 is 33.2 Å². The summed E-state index contributed by atoms with van der Waals surface area (Å²) in [5.41, 5.74) is 18.4. The average Bonchev–Trinajstić information content (AvgIpc) is 3.23. The van der Waals surface area contributed by atoms with Gasteiger partial charge in [-0.05, 0) is 50.3 Å². The number of aliphatic carboxylic acids is 1. The molecule has 0 bridgehead atoms. The molecule has 0 spiro atoms. The Morgan fingerprint density at radius 2 is 1.74 bits per heavy atom. The number of para-hydroxylation sites is 1. The summed E-state index contributed by atoms with van der Waals surface area (Å²) in [6, 6.07) is 4.54. The fraction of sp³-hybridized carbons (Fsp3) is 0.478. The second-order valence-corrected chi connectivity index (χ2v) is 8.40. The molecule has 0 aliphatic rings. The summed E-state index contributed by atoms with van der Waals surface area (Å²) in [6.45, 7) is 0.817. The number of unbranched alkanes of at least 4 members (excludes halogenated alkanes) is 1. The number of nitrogens with two attached hydrogens (primary N) is 3. The van der Waals surface area contributed by atoms with Crippen LogP contribution >= 0.6 is 0 Å². The zero-order valence-corrected chi connectivity index (χ0v) is 19.7. The number of carboxylic acid groups (broad SMARTS) is 1. The number of guanidine groups is 1. The molecule has 1 aromatic carbocycles. The van der Waals surface area contributed by atoms with Crippen molar-refractivity contribution in [1.29, 1.82) is 5.41 Å². The van der Waals surface area contributed by atoms with Crippen molar-refractivity contribution in [1.82, 2.24) is 20.9 Å². The molecular weight excluding hydrogens is 452 g/mol. The average molecular weight is 489 g/mol. The zero-order chi connectivity index (χ0) is 25.8. The number of fused-ring (bicyclic) bond motifs is 1. The van der Waals surface area contributed by atoms with E-state index in [1.54, 1.807) is 6.20 Å². The van der Waals surface area contributed by atoms with Gasteiger partial charge in [-0.1, -0.05) is 18.2 Å². The van der Waals surface area contributed by atoms with E-state index in [1.165, 1.54) is 0 Å². The molecule has 1 heterocycles. The van der Waals surface area contributed by atoms with Crippen molar-refractivity contribution in [3.63, 3.8) is 0 Å². The summed E-state index contributed by atoms with van der Waals surface area (Å²) in [5, 5.41) is 25.5. The highest BCUT2D eigenvalue weighted by atomic mass is 16.4. The largest absolute Gasteiger partial charge is 0.480 e. The highest BCUT2D eigenvalue weighted by Crippen LogP contribution is 2.19. The first-order valence-electron chi connectivity index (χ1n) is 11.6. The lowest BCUT2D eigenvalue weighted by atomic mass is 10.0. The van der Waals surface area contributed by atoms with Crippen LogP contribution in [0.2, 0.25) is 0 Å². The van der Waals surface area contributed by atoms with Gasteiger partial charge >= 0.3 is 5.97 Å². The molecule has 192 valence electrons. The Labute approximate surface area is 203 Å². The van der Waals surface area contributed by atoms with Crippen LogP contribution in [0.15, 0.2) is 30.5 Å². The summed E-state index contributed by atoms with van der Waals surface area (Å²) in [7, 11) is 0. The predicted octanol–water partition coefficient (Wildman–Crippen LogP) is -0.516. The number of amides is 2. The fourth-order valence-electron chi connectivity index (χ4n) is 3.71.